The van der Waals surface area contributed by atoms with Gasteiger partial charge in [0.2, 0.25) is 11.8 Å². The molecule has 2 fully saturated rings. The predicted octanol–water partition coefficient (Wildman–Crippen LogP) is 6.01. The van der Waals surface area contributed by atoms with Crippen LogP contribution in [0.2, 0.25) is 5.02 Å². The summed E-state index contributed by atoms with van der Waals surface area (Å²) in [5, 5.41) is 15.0. The Kier molecular flexibility index (Phi) is 8.42. The average molecular weight is 659 g/mol. The highest BCUT2D eigenvalue weighted by Gasteiger charge is 2.61. The Morgan fingerprint density at radius 1 is 1.06 bits per heavy atom. The minimum Gasteiger partial charge on any atom is -0.352 e. The molecule has 9 nitrogen and oxygen atoms in total. The van der Waals surface area contributed by atoms with Crippen molar-refractivity contribution >= 4 is 40.8 Å². The van der Waals surface area contributed by atoms with Gasteiger partial charge in [-0.1, -0.05) is 35.9 Å². The summed E-state index contributed by atoms with van der Waals surface area (Å²) >= 11 is 6.62. The van der Waals surface area contributed by atoms with Gasteiger partial charge >= 0.3 is 0 Å². The number of amides is 3. The first-order chi connectivity index (χ1) is 22.5. The number of carbonyl (C=O) groups excluding carboxylic acids is 3. The van der Waals surface area contributed by atoms with Gasteiger partial charge in [0.1, 0.15) is 17.2 Å². The fourth-order valence-corrected chi connectivity index (χ4v) is 6.51. The molecule has 4 aromatic rings. The van der Waals surface area contributed by atoms with Gasteiger partial charge in [0, 0.05) is 65.7 Å². The van der Waals surface area contributed by atoms with Gasteiger partial charge in [-0.2, -0.15) is 5.26 Å². The Hall–Kier alpha value is -5.28. The lowest BCUT2D eigenvalue weighted by Gasteiger charge is -2.43. The molecule has 1 aliphatic heterocycles. The summed E-state index contributed by atoms with van der Waals surface area (Å²) in [6.45, 7) is 0. The van der Waals surface area contributed by atoms with Crippen LogP contribution in [0.15, 0.2) is 85.3 Å². The number of nitrogens with zero attached hydrogens (tertiary/aromatic N) is 4. The molecule has 3 amide bonds. The largest absolute Gasteiger partial charge is 0.352 e. The molecule has 47 heavy (non-hydrogen) atoms. The van der Waals surface area contributed by atoms with Crippen LogP contribution in [0, 0.1) is 17.1 Å². The molecule has 2 aromatic heterocycles. The van der Waals surface area contributed by atoms with Crippen LogP contribution in [0.4, 0.5) is 24.7 Å². The van der Waals surface area contributed by atoms with Crippen molar-refractivity contribution < 1.29 is 27.6 Å². The third-order valence-electron chi connectivity index (χ3n) is 8.46. The van der Waals surface area contributed by atoms with Gasteiger partial charge in [-0.15, -0.1) is 0 Å². The number of hydrogen-bond acceptors (Lipinski definition) is 6. The van der Waals surface area contributed by atoms with E-state index in [-0.39, 0.29) is 46.1 Å². The summed E-state index contributed by atoms with van der Waals surface area (Å²) in [5.41, 5.74) is -1.04. The molecule has 6 rings (SSSR count). The summed E-state index contributed by atoms with van der Waals surface area (Å²) in [5.74, 6) is -7.51. The Labute approximate surface area is 272 Å². The fraction of sp³-hybridized carbons (Fsp3) is 0.235. The summed E-state index contributed by atoms with van der Waals surface area (Å²) in [6, 6.07) is 17.4. The van der Waals surface area contributed by atoms with Gasteiger partial charge in [-0.25, -0.2) is 18.2 Å². The first-order valence-corrected chi connectivity index (χ1v) is 15.0. The third-order valence-corrected chi connectivity index (χ3v) is 8.80. The van der Waals surface area contributed by atoms with Gasteiger partial charge < -0.3 is 10.6 Å². The molecule has 1 saturated heterocycles. The van der Waals surface area contributed by atoms with Crippen LogP contribution < -0.4 is 15.5 Å². The molecule has 13 heteroatoms. The van der Waals surface area contributed by atoms with E-state index in [2.05, 4.69) is 20.6 Å². The van der Waals surface area contributed by atoms with Crippen molar-refractivity contribution in [1.29, 1.82) is 5.26 Å². The van der Waals surface area contributed by atoms with Crippen LogP contribution in [-0.4, -0.2) is 45.2 Å². The zero-order valence-electron chi connectivity index (χ0n) is 24.6. The van der Waals surface area contributed by atoms with Crippen molar-refractivity contribution in [3.63, 3.8) is 0 Å². The van der Waals surface area contributed by atoms with E-state index in [4.69, 9.17) is 11.6 Å². The Morgan fingerprint density at radius 2 is 1.85 bits per heavy atom. The van der Waals surface area contributed by atoms with Crippen molar-refractivity contribution in [2.75, 3.05) is 10.2 Å². The minimum absolute atomic E-state index is 0.0227. The smallest absolute Gasteiger partial charge is 0.252 e. The zero-order chi connectivity index (χ0) is 33.3. The van der Waals surface area contributed by atoms with Crippen molar-refractivity contribution in [3.05, 3.63) is 107 Å². The van der Waals surface area contributed by atoms with Crippen LogP contribution in [0.3, 0.4) is 0 Å². The number of hydrogen-bond donors (Lipinski definition) is 2. The molecule has 0 spiro atoms. The fourth-order valence-electron chi connectivity index (χ4n) is 6.27. The maximum absolute atomic E-state index is 15.4. The number of halogens is 4. The molecular weight excluding hydrogens is 633 g/mol. The summed E-state index contributed by atoms with van der Waals surface area (Å²) in [6.07, 6.45) is 2.70. The number of carbonyl (C=O) groups is 3. The van der Waals surface area contributed by atoms with Crippen LogP contribution in [-0.2, 0) is 14.4 Å². The first kappa shape index (κ1) is 31.7. The maximum atomic E-state index is 15.4. The molecular formula is C34H26ClF3N6O3. The number of rotatable bonds is 8. The highest BCUT2D eigenvalue weighted by atomic mass is 35.5. The monoisotopic (exact) mass is 658 g/mol. The second kappa shape index (κ2) is 12.5. The highest BCUT2D eigenvalue weighted by molar-refractivity contribution is 6.32. The topological polar surface area (TPSA) is 128 Å². The third kappa shape index (κ3) is 6.02. The summed E-state index contributed by atoms with van der Waals surface area (Å²) in [4.78, 5) is 52.0. The maximum Gasteiger partial charge on any atom is 0.252 e. The number of pyridine rings is 2. The van der Waals surface area contributed by atoms with Gasteiger partial charge in [-0.3, -0.25) is 24.3 Å². The number of nitrogens with one attached hydrogen (secondary N) is 2. The number of anilines is 2. The lowest BCUT2D eigenvalue weighted by Crippen LogP contribution is -2.63. The molecule has 2 aromatic carbocycles. The summed E-state index contributed by atoms with van der Waals surface area (Å²) in [7, 11) is 0. The van der Waals surface area contributed by atoms with Crippen LogP contribution >= 0.6 is 11.6 Å². The molecule has 1 unspecified atom stereocenters. The molecule has 2 aliphatic rings. The first-order valence-electron chi connectivity index (χ1n) is 14.7. The van der Waals surface area contributed by atoms with Gasteiger partial charge in [0.05, 0.1) is 17.6 Å². The van der Waals surface area contributed by atoms with Crippen molar-refractivity contribution in [2.45, 2.75) is 49.1 Å². The second-order valence-electron chi connectivity index (χ2n) is 11.5. The molecule has 1 saturated carbocycles. The van der Waals surface area contributed by atoms with Crippen LogP contribution in [0.1, 0.15) is 42.7 Å². The molecule has 0 bridgehead atoms. The Bertz CT molecular complexity index is 1910. The minimum atomic E-state index is -2.95. The van der Waals surface area contributed by atoms with E-state index in [0.717, 1.165) is 11.0 Å². The normalized spacial score (nSPS) is 19.4. The molecule has 238 valence electrons. The number of alkyl halides is 2. The van der Waals surface area contributed by atoms with Crippen molar-refractivity contribution in [1.82, 2.24) is 15.3 Å². The van der Waals surface area contributed by atoms with E-state index in [0.29, 0.717) is 5.56 Å². The standard InChI is InChI=1S/C34H26ClF3N6O3/c35-26-6-2-1-5-25(26)30(31(46)42-23-16-33(37,38)17-23)34(11-9-29(45)44(34)28-14-20(18-39)10-13-41-28)32(47)43-22-7-8-24(27(36)15-22)21-4-3-12-40-19-21/h1-8,10,12-15,19,23,30H,9,11,16-17H2,(H,42,46)(H,43,47)/t30-,34?/m1/s1. The van der Waals surface area contributed by atoms with Gasteiger partial charge in [-0.05, 0) is 54.4 Å². The Morgan fingerprint density at radius 3 is 2.53 bits per heavy atom. The summed E-state index contributed by atoms with van der Waals surface area (Å²) < 4.78 is 43.0. The molecule has 1 aliphatic carbocycles. The van der Waals surface area contributed by atoms with Gasteiger partial charge in [0.15, 0.2) is 0 Å². The molecule has 2 N–H and O–H groups in total. The van der Waals surface area contributed by atoms with Crippen LogP contribution in [0.5, 0.6) is 0 Å². The quantitative estimate of drug-likeness (QED) is 0.239. The SMILES string of the molecule is N#Cc1ccnc(N2C(=O)CCC2(C(=O)Nc2ccc(-c3cccnc3)c(F)c2)[C@@H](C(=O)NC2CC(F)(F)C2)c2ccccc2Cl)c1. The number of benzene rings is 2. The van der Waals surface area contributed by atoms with Gasteiger partial charge in [0.25, 0.3) is 11.8 Å². The molecule has 0 radical (unpaired) electrons. The highest BCUT2D eigenvalue weighted by Crippen LogP contribution is 2.48. The van der Waals surface area contributed by atoms with E-state index < -0.39 is 59.8 Å². The van der Waals surface area contributed by atoms with E-state index in [1.165, 1.54) is 48.8 Å². The Balaban J connectivity index is 1.48. The van der Waals surface area contributed by atoms with Crippen molar-refractivity contribution in [2.24, 2.45) is 0 Å². The zero-order valence-corrected chi connectivity index (χ0v) is 25.3. The molecule has 3 heterocycles. The molecule has 2 atom stereocenters. The lowest BCUT2D eigenvalue weighted by molar-refractivity contribution is -0.136. The second-order valence-corrected chi connectivity index (χ2v) is 11.9. The average Bonchev–Trinajstić information content (AvgIpc) is 3.39. The number of nitriles is 1. The van der Waals surface area contributed by atoms with Crippen molar-refractivity contribution in [3.8, 4) is 17.2 Å². The van der Waals surface area contributed by atoms with Crippen LogP contribution in [0.25, 0.3) is 11.1 Å². The lowest BCUT2D eigenvalue weighted by atomic mass is 9.74. The van der Waals surface area contributed by atoms with E-state index in [9.17, 15) is 28.4 Å². The number of aromatic nitrogens is 2. The van der Waals surface area contributed by atoms with E-state index in [1.54, 1.807) is 30.5 Å². The van der Waals surface area contributed by atoms with E-state index >= 15 is 4.39 Å². The van der Waals surface area contributed by atoms with E-state index in [1.807, 2.05) is 6.07 Å². The predicted molar refractivity (Wildman–Crippen MR) is 167 cm³/mol.